The molecular weight excluding hydrogens is 236 g/mol. The van der Waals surface area contributed by atoms with Crippen LogP contribution < -0.4 is 15.4 Å². The highest BCUT2D eigenvalue weighted by Crippen LogP contribution is 2.19. The van der Waals surface area contributed by atoms with Crippen LogP contribution in [0.1, 0.15) is 32.3 Å². The standard InChI is InChI=1S/C16H26N2O/c1-13(2)19-16-8-4-3-6-14(16)9-11-18-15-7-5-10-17-12-15/h3-4,6,8,13,15,17-18H,5,7,9-12H2,1-2H3/t15-/m1/s1. The zero-order valence-electron chi connectivity index (χ0n) is 12.1. The van der Waals surface area contributed by atoms with Gasteiger partial charge in [-0.2, -0.15) is 0 Å². The molecule has 106 valence electrons. The summed E-state index contributed by atoms with van der Waals surface area (Å²) in [5.41, 5.74) is 1.30. The molecule has 0 saturated carbocycles. The first-order valence-corrected chi connectivity index (χ1v) is 7.44. The molecule has 1 saturated heterocycles. The fourth-order valence-electron chi connectivity index (χ4n) is 2.52. The lowest BCUT2D eigenvalue weighted by molar-refractivity contribution is 0.239. The minimum Gasteiger partial charge on any atom is -0.491 e. The molecule has 0 bridgehead atoms. The summed E-state index contributed by atoms with van der Waals surface area (Å²) in [5, 5.41) is 7.07. The number of ether oxygens (including phenoxy) is 1. The topological polar surface area (TPSA) is 33.3 Å². The highest BCUT2D eigenvalue weighted by atomic mass is 16.5. The van der Waals surface area contributed by atoms with E-state index in [9.17, 15) is 0 Å². The van der Waals surface area contributed by atoms with E-state index in [1.807, 2.05) is 6.07 Å². The van der Waals surface area contributed by atoms with Crippen LogP contribution in [0.15, 0.2) is 24.3 Å². The van der Waals surface area contributed by atoms with E-state index >= 15 is 0 Å². The van der Waals surface area contributed by atoms with E-state index in [1.54, 1.807) is 0 Å². The molecule has 1 aliphatic rings. The van der Waals surface area contributed by atoms with Crippen molar-refractivity contribution < 1.29 is 4.74 Å². The highest BCUT2D eigenvalue weighted by Gasteiger charge is 2.12. The smallest absolute Gasteiger partial charge is 0.122 e. The average molecular weight is 262 g/mol. The Morgan fingerprint density at radius 2 is 2.21 bits per heavy atom. The number of benzene rings is 1. The van der Waals surface area contributed by atoms with Crippen LogP contribution in [0.4, 0.5) is 0 Å². The lowest BCUT2D eigenvalue weighted by atomic mass is 10.1. The summed E-state index contributed by atoms with van der Waals surface area (Å²) in [7, 11) is 0. The first kappa shape index (κ1) is 14.4. The van der Waals surface area contributed by atoms with E-state index in [0.29, 0.717) is 6.04 Å². The van der Waals surface area contributed by atoms with Crippen LogP contribution in [0.2, 0.25) is 0 Å². The van der Waals surface area contributed by atoms with E-state index in [2.05, 4.69) is 42.7 Å². The molecule has 3 nitrogen and oxygen atoms in total. The maximum Gasteiger partial charge on any atom is 0.122 e. The van der Waals surface area contributed by atoms with Crippen molar-refractivity contribution in [2.24, 2.45) is 0 Å². The molecule has 1 aromatic rings. The Morgan fingerprint density at radius 1 is 1.37 bits per heavy atom. The lowest BCUT2D eigenvalue weighted by Gasteiger charge is -2.24. The van der Waals surface area contributed by atoms with Gasteiger partial charge in [0.15, 0.2) is 0 Å². The first-order chi connectivity index (χ1) is 9.25. The second-order valence-electron chi connectivity index (χ2n) is 5.52. The van der Waals surface area contributed by atoms with Crippen molar-refractivity contribution in [1.29, 1.82) is 0 Å². The summed E-state index contributed by atoms with van der Waals surface area (Å²) in [6.45, 7) is 7.43. The largest absolute Gasteiger partial charge is 0.491 e. The van der Waals surface area contributed by atoms with Gasteiger partial charge in [-0.3, -0.25) is 0 Å². The summed E-state index contributed by atoms with van der Waals surface area (Å²) in [5.74, 6) is 1.03. The Kier molecular flexibility index (Phi) is 5.67. The van der Waals surface area contributed by atoms with Crippen LogP contribution in [0.3, 0.4) is 0 Å². The molecule has 0 amide bonds. The van der Waals surface area contributed by atoms with Crippen molar-refractivity contribution in [2.75, 3.05) is 19.6 Å². The average Bonchev–Trinajstić information content (AvgIpc) is 2.41. The molecule has 1 aliphatic heterocycles. The zero-order chi connectivity index (χ0) is 13.5. The Bertz CT molecular complexity index is 373. The normalized spacial score (nSPS) is 19.6. The Hall–Kier alpha value is -1.06. The van der Waals surface area contributed by atoms with Gasteiger partial charge in [-0.15, -0.1) is 0 Å². The minimum atomic E-state index is 0.233. The van der Waals surface area contributed by atoms with Gasteiger partial charge < -0.3 is 15.4 Å². The Morgan fingerprint density at radius 3 is 2.95 bits per heavy atom. The van der Waals surface area contributed by atoms with E-state index in [4.69, 9.17) is 4.74 Å². The maximum absolute atomic E-state index is 5.85. The summed E-state index contributed by atoms with van der Waals surface area (Å²) in [6, 6.07) is 8.99. The molecule has 2 N–H and O–H groups in total. The van der Waals surface area contributed by atoms with E-state index in [-0.39, 0.29) is 6.10 Å². The minimum absolute atomic E-state index is 0.233. The number of piperidine rings is 1. The van der Waals surface area contributed by atoms with E-state index in [0.717, 1.165) is 25.3 Å². The summed E-state index contributed by atoms with van der Waals surface area (Å²) in [6.07, 6.45) is 3.83. The van der Waals surface area contributed by atoms with Gasteiger partial charge in [0.1, 0.15) is 5.75 Å². The van der Waals surface area contributed by atoms with Gasteiger partial charge in [0.25, 0.3) is 0 Å². The molecule has 0 spiro atoms. The second-order valence-corrected chi connectivity index (χ2v) is 5.52. The fraction of sp³-hybridized carbons (Fsp3) is 0.625. The van der Waals surface area contributed by atoms with Crippen LogP contribution in [0, 0.1) is 0 Å². The number of para-hydroxylation sites is 1. The van der Waals surface area contributed by atoms with Crippen molar-refractivity contribution >= 4 is 0 Å². The van der Waals surface area contributed by atoms with Gasteiger partial charge in [0, 0.05) is 12.6 Å². The van der Waals surface area contributed by atoms with Gasteiger partial charge >= 0.3 is 0 Å². The van der Waals surface area contributed by atoms with Gasteiger partial charge in [0.2, 0.25) is 0 Å². The number of hydrogen-bond acceptors (Lipinski definition) is 3. The lowest BCUT2D eigenvalue weighted by Crippen LogP contribution is -2.43. The van der Waals surface area contributed by atoms with Crippen LogP contribution >= 0.6 is 0 Å². The molecule has 1 heterocycles. The van der Waals surface area contributed by atoms with Gasteiger partial charge in [-0.05, 0) is 57.8 Å². The molecule has 3 heteroatoms. The number of nitrogens with one attached hydrogen (secondary N) is 2. The van der Waals surface area contributed by atoms with Crippen molar-refractivity contribution in [3.8, 4) is 5.75 Å². The molecule has 0 aromatic heterocycles. The van der Waals surface area contributed by atoms with Crippen LogP contribution in [-0.4, -0.2) is 31.8 Å². The quantitative estimate of drug-likeness (QED) is 0.825. The summed E-state index contributed by atoms with van der Waals surface area (Å²) < 4.78 is 5.85. The Balaban J connectivity index is 1.81. The van der Waals surface area contributed by atoms with Gasteiger partial charge in [0.05, 0.1) is 6.10 Å². The summed E-state index contributed by atoms with van der Waals surface area (Å²) >= 11 is 0. The van der Waals surface area contributed by atoms with E-state index in [1.165, 1.54) is 24.9 Å². The Labute approximate surface area is 116 Å². The third kappa shape index (κ3) is 4.84. The second kappa shape index (κ2) is 7.51. The molecule has 1 atom stereocenters. The van der Waals surface area contributed by atoms with Crippen molar-refractivity contribution in [1.82, 2.24) is 10.6 Å². The van der Waals surface area contributed by atoms with Crippen LogP contribution in [-0.2, 0) is 6.42 Å². The molecule has 0 radical (unpaired) electrons. The predicted octanol–water partition coefficient (Wildman–Crippen LogP) is 2.36. The fourth-order valence-corrected chi connectivity index (χ4v) is 2.52. The third-order valence-corrected chi connectivity index (χ3v) is 3.46. The van der Waals surface area contributed by atoms with Gasteiger partial charge in [-0.25, -0.2) is 0 Å². The molecule has 1 fully saturated rings. The highest BCUT2D eigenvalue weighted by molar-refractivity contribution is 5.33. The number of hydrogen-bond donors (Lipinski definition) is 2. The molecule has 0 aliphatic carbocycles. The van der Waals surface area contributed by atoms with Crippen LogP contribution in [0.25, 0.3) is 0 Å². The molecule has 1 aromatic carbocycles. The maximum atomic E-state index is 5.85. The van der Waals surface area contributed by atoms with Crippen LogP contribution in [0.5, 0.6) is 5.75 Å². The van der Waals surface area contributed by atoms with Gasteiger partial charge in [-0.1, -0.05) is 18.2 Å². The number of rotatable bonds is 6. The molecule has 2 rings (SSSR count). The summed E-state index contributed by atoms with van der Waals surface area (Å²) in [4.78, 5) is 0. The SMILES string of the molecule is CC(C)Oc1ccccc1CCN[C@@H]1CCCNC1. The molecule has 19 heavy (non-hydrogen) atoms. The predicted molar refractivity (Wildman–Crippen MR) is 79.8 cm³/mol. The van der Waals surface area contributed by atoms with Crippen molar-refractivity contribution in [2.45, 2.75) is 45.3 Å². The monoisotopic (exact) mass is 262 g/mol. The molecular formula is C16H26N2O. The van der Waals surface area contributed by atoms with Crippen molar-refractivity contribution in [3.05, 3.63) is 29.8 Å². The first-order valence-electron chi connectivity index (χ1n) is 7.44. The molecule has 0 unspecified atom stereocenters. The van der Waals surface area contributed by atoms with Crippen molar-refractivity contribution in [3.63, 3.8) is 0 Å². The third-order valence-electron chi connectivity index (χ3n) is 3.46. The van der Waals surface area contributed by atoms with E-state index < -0.39 is 0 Å². The zero-order valence-corrected chi connectivity index (χ0v) is 12.1.